The first-order valence-corrected chi connectivity index (χ1v) is 4.81. The van der Waals surface area contributed by atoms with Crippen LogP contribution in [0.3, 0.4) is 0 Å². The molecule has 0 aromatic heterocycles. The lowest BCUT2D eigenvalue weighted by molar-refractivity contribution is -0.192. The lowest BCUT2D eigenvalue weighted by Crippen LogP contribution is -2.43. The molecule has 0 saturated carbocycles. The minimum absolute atomic E-state index is 0.200. The summed E-state index contributed by atoms with van der Waals surface area (Å²) in [7, 11) is 0. The zero-order valence-corrected chi connectivity index (χ0v) is 9.66. The largest absolute Gasteiger partial charge is 0.490 e. The van der Waals surface area contributed by atoms with E-state index >= 15 is 0 Å². The predicted octanol–water partition coefficient (Wildman–Crippen LogP) is -0.922. The molecule has 0 aliphatic carbocycles. The van der Waals surface area contributed by atoms with Crippen molar-refractivity contribution >= 4 is 30.5 Å². The SMILES string of the molecule is N[C@@H](CS)C(=O)[15NH][13CH2][13C](=O)O.O=C(O)C(F)(F)F. The third-order valence-electron chi connectivity index (χ3n) is 1.19. The Hall–Kier alpha value is -1.49. The summed E-state index contributed by atoms with van der Waals surface area (Å²) in [5.74, 6) is -4.15. The van der Waals surface area contributed by atoms with E-state index in [1.807, 2.05) is 0 Å². The molecule has 0 bridgehead atoms. The van der Waals surface area contributed by atoms with Crippen LogP contribution in [0.25, 0.3) is 0 Å². The second kappa shape index (κ2) is 8.58. The van der Waals surface area contributed by atoms with E-state index in [2.05, 4.69) is 17.9 Å². The maximum atomic E-state index is 10.7. The van der Waals surface area contributed by atoms with Gasteiger partial charge in [0, 0.05) is 5.75 Å². The number of nitrogens with one attached hydrogen (secondary N) is 1. The molecule has 0 fully saturated rings. The van der Waals surface area contributed by atoms with Crippen LogP contribution in [0.2, 0.25) is 0 Å². The minimum Gasteiger partial charge on any atom is -0.480 e. The van der Waals surface area contributed by atoms with Gasteiger partial charge in [0.15, 0.2) is 0 Å². The van der Waals surface area contributed by atoms with Crippen molar-refractivity contribution < 1.29 is 37.8 Å². The fourth-order valence-electron chi connectivity index (χ4n) is 0.377. The van der Waals surface area contributed by atoms with Crippen LogP contribution in [-0.4, -0.2) is 52.6 Å². The van der Waals surface area contributed by atoms with Crippen molar-refractivity contribution in [1.82, 2.24) is 5.32 Å². The third-order valence-corrected chi connectivity index (χ3v) is 1.58. The van der Waals surface area contributed by atoms with Gasteiger partial charge in [-0.2, -0.15) is 25.8 Å². The van der Waals surface area contributed by atoms with Crippen LogP contribution < -0.4 is 11.1 Å². The van der Waals surface area contributed by atoms with Crippen LogP contribution in [0.5, 0.6) is 0 Å². The van der Waals surface area contributed by atoms with Crippen molar-refractivity contribution in [3.63, 3.8) is 0 Å². The summed E-state index contributed by atoms with van der Waals surface area (Å²) in [6.07, 6.45) is -5.08. The molecule has 0 aromatic carbocycles. The first-order chi connectivity index (χ1) is 8.02. The number of hydrogen-bond donors (Lipinski definition) is 5. The Morgan fingerprint density at radius 2 is 1.67 bits per heavy atom. The van der Waals surface area contributed by atoms with Gasteiger partial charge in [0.05, 0.1) is 6.04 Å². The second-order valence-electron chi connectivity index (χ2n) is 2.70. The van der Waals surface area contributed by atoms with Gasteiger partial charge >= 0.3 is 18.1 Å². The topological polar surface area (TPSA) is 130 Å². The Morgan fingerprint density at radius 1 is 1.28 bits per heavy atom. The van der Waals surface area contributed by atoms with E-state index in [1.54, 1.807) is 0 Å². The van der Waals surface area contributed by atoms with Gasteiger partial charge in [0.2, 0.25) is 5.91 Å². The third kappa shape index (κ3) is 11.0. The van der Waals surface area contributed by atoms with Gasteiger partial charge in [0.1, 0.15) is 6.54 Å². The van der Waals surface area contributed by atoms with E-state index in [0.29, 0.717) is 0 Å². The fraction of sp³-hybridized carbons (Fsp3) is 0.571. The smallest absolute Gasteiger partial charge is 0.480 e. The normalized spacial score (nSPS) is 11.8. The van der Waals surface area contributed by atoms with E-state index in [4.69, 9.17) is 20.7 Å². The number of rotatable bonds is 4. The molecular formula is C7H11F3N2O5S. The maximum Gasteiger partial charge on any atom is 0.490 e. The first kappa shape index (κ1) is 18.9. The molecule has 7 nitrogen and oxygen atoms in total. The van der Waals surface area contributed by atoms with E-state index in [9.17, 15) is 22.8 Å². The highest BCUT2D eigenvalue weighted by Crippen LogP contribution is 2.13. The molecule has 18 heavy (non-hydrogen) atoms. The Bertz CT molecular complexity index is 310. The number of nitrogens with two attached hydrogens (primary N) is 1. The molecule has 106 valence electrons. The van der Waals surface area contributed by atoms with Crippen LogP contribution in [0.15, 0.2) is 0 Å². The number of hydrogen-bond acceptors (Lipinski definition) is 5. The highest BCUT2D eigenvalue weighted by atomic mass is 32.1. The van der Waals surface area contributed by atoms with Crippen LogP contribution in [0, 0.1) is 0 Å². The molecule has 11 heteroatoms. The number of amides is 1. The van der Waals surface area contributed by atoms with Gasteiger partial charge in [-0.1, -0.05) is 0 Å². The highest BCUT2D eigenvalue weighted by molar-refractivity contribution is 7.80. The molecular weight excluding hydrogens is 284 g/mol. The predicted molar refractivity (Wildman–Crippen MR) is 56.2 cm³/mol. The van der Waals surface area contributed by atoms with E-state index in [1.165, 1.54) is 0 Å². The summed E-state index contributed by atoms with van der Waals surface area (Å²) in [6.45, 7) is -0.402. The van der Waals surface area contributed by atoms with Crippen molar-refractivity contribution in [2.45, 2.75) is 12.2 Å². The molecule has 1 amide bonds. The van der Waals surface area contributed by atoms with Gasteiger partial charge in [-0.05, 0) is 0 Å². The Kier molecular flexibility index (Phi) is 8.99. The molecule has 5 N–H and O–H groups in total. The average molecular weight is 295 g/mol. The van der Waals surface area contributed by atoms with Crippen LogP contribution in [-0.2, 0) is 14.4 Å². The monoisotopic (exact) mass is 295 g/mol. The van der Waals surface area contributed by atoms with E-state index < -0.39 is 36.6 Å². The summed E-state index contributed by atoms with van der Waals surface area (Å²) < 4.78 is 31.7. The van der Waals surface area contributed by atoms with E-state index in [-0.39, 0.29) is 5.75 Å². The van der Waals surface area contributed by atoms with Crippen molar-refractivity contribution in [3.05, 3.63) is 0 Å². The molecule has 0 unspecified atom stereocenters. The molecule has 0 aromatic rings. The Morgan fingerprint density at radius 3 is 1.89 bits per heavy atom. The number of carbonyl (C=O) groups excluding carboxylic acids is 1. The molecule has 0 radical (unpaired) electrons. The first-order valence-electron chi connectivity index (χ1n) is 4.18. The van der Waals surface area contributed by atoms with Gasteiger partial charge < -0.3 is 21.3 Å². The average Bonchev–Trinajstić information content (AvgIpc) is 2.24. The fourth-order valence-corrected chi connectivity index (χ4v) is 0.543. The molecule has 0 saturated heterocycles. The zero-order chi connectivity index (χ0) is 14.9. The molecule has 0 aliphatic rings. The standard InChI is InChI=1S/C5H10N2O3S.C2HF3O2/c6-3(2-11)5(10)7-1-4(8)9;3-2(4,5)1(6)7/h3,11H,1-2,6H2,(H,7,10)(H,8,9);(H,6,7)/t3-;/m0./s1/i1+1,4+1,7+1;. The van der Waals surface area contributed by atoms with Crippen LogP contribution in [0.1, 0.15) is 0 Å². The summed E-state index contributed by atoms with van der Waals surface area (Å²) in [5, 5.41) is 17.4. The zero-order valence-electron chi connectivity index (χ0n) is 8.77. The number of carboxylic acids is 2. The number of aliphatic carboxylic acids is 2. The number of halogens is 3. The summed E-state index contributed by atoms with van der Waals surface area (Å²) >= 11 is 3.77. The Balaban J connectivity index is 0. The van der Waals surface area contributed by atoms with Crippen molar-refractivity contribution in [1.29, 1.82) is 0 Å². The van der Waals surface area contributed by atoms with Gasteiger partial charge in [0.25, 0.3) is 0 Å². The summed E-state index contributed by atoms with van der Waals surface area (Å²) in [4.78, 5) is 29.6. The van der Waals surface area contributed by atoms with Crippen molar-refractivity contribution in [2.75, 3.05) is 12.3 Å². The molecule has 0 heterocycles. The molecule has 0 spiro atoms. The molecule has 0 aliphatic heterocycles. The lowest BCUT2D eigenvalue weighted by atomic mass is 10.4. The van der Waals surface area contributed by atoms with Crippen LogP contribution >= 0.6 is 12.6 Å². The number of thiol groups is 1. The van der Waals surface area contributed by atoms with Gasteiger partial charge in [-0.3, -0.25) is 9.59 Å². The number of carbonyl (C=O) groups is 3. The maximum absolute atomic E-state index is 10.7. The number of carboxylic acid groups (broad SMARTS) is 2. The lowest BCUT2D eigenvalue weighted by Gasteiger charge is -2.06. The minimum atomic E-state index is -5.08. The summed E-state index contributed by atoms with van der Waals surface area (Å²) in [6, 6.07) is -0.738. The van der Waals surface area contributed by atoms with Crippen molar-refractivity contribution in [2.24, 2.45) is 5.73 Å². The van der Waals surface area contributed by atoms with Gasteiger partial charge in [-0.25, -0.2) is 4.79 Å². The van der Waals surface area contributed by atoms with Crippen molar-refractivity contribution in [3.8, 4) is 0 Å². The quantitative estimate of drug-likeness (QED) is 0.259. The van der Waals surface area contributed by atoms with Gasteiger partial charge in [-0.15, -0.1) is 0 Å². The molecule has 0 rings (SSSR count). The Labute approximate surface area is 105 Å². The molecule has 1 atom stereocenters. The number of alkyl halides is 3. The highest BCUT2D eigenvalue weighted by Gasteiger charge is 2.38. The van der Waals surface area contributed by atoms with Crippen LogP contribution in [0.4, 0.5) is 13.2 Å². The summed E-state index contributed by atoms with van der Waals surface area (Å²) in [5.41, 5.74) is 5.22. The van der Waals surface area contributed by atoms with E-state index in [0.717, 1.165) is 0 Å². The second-order valence-corrected chi connectivity index (χ2v) is 3.07.